The smallest absolute Gasteiger partial charge is 0.363 e. The lowest BCUT2D eigenvalue weighted by atomic mass is 10.1. The Morgan fingerprint density at radius 3 is 2.71 bits per heavy atom. The van der Waals surface area contributed by atoms with Crippen molar-refractivity contribution in [1.29, 1.82) is 0 Å². The third-order valence-electron chi connectivity index (χ3n) is 3.48. The quantitative estimate of drug-likeness (QED) is 0.597. The van der Waals surface area contributed by atoms with Gasteiger partial charge in [0.2, 0.25) is 12.7 Å². The van der Waals surface area contributed by atoms with Crippen molar-refractivity contribution in [3.63, 3.8) is 0 Å². The molecule has 0 saturated carbocycles. The second-order valence-electron chi connectivity index (χ2n) is 5.07. The molecule has 0 radical (unpaired) electrons. The highest BCUT2D eigenvalue weighted by atomic mass is 35.5. The van der Waals surface area contributed by atoms with Crippen LogP contribution in [0.4, 0.5) is 0 Å². The minimum atomic E-state index is -0.548. The second-order valence-corrected chi connectivity index (χ2v) is 5.92. The topological polar surface area (TPSA) is 57.1 Å². The van der Waals surface area contributed by atoms with Crippen LogP contribution in [0.5, 0.6) is 11.5 Å². The summed E-state index contributed by atoms with van der Waals surface area (Å²) in [6.45, 7) is 0.189. The Labute approximate surface area is 147 Å². The van der Waals surface area contributed by atoms with Crippen LogP contribution in [-0.2, 0) is 9.53 Å². The number of rotatable bonds is 2. The Hall–Kier alpha value is -2.50. The van der Waals surface area contributed by atoms with Crippen LogP contribution in [-0.4, -0.2) is 18.7 Å². The van der Waals surface area contributed by atoms with Crippen molar-refractivity contribution >= 4 is 41.1 Å². The zero-order valence-corrected chi connectivity index (χ0v) is 13.6. The van der Waals surface area contributed by atoms with E-state index in [9.17, 15) is 4.79 Å². The molecule has 120 valence electrons. The van der Waals surface area contributed by atoms with Gasteiger partial charge in [-0.3, -0.25) is 0 Å². The van der Waals surface area contributed by atoms with E-state index < -0.39 is 5.97 Å². The molecule has 0 unspecified atom stereocenters. The van der Waals surface area contributed by atoms with Crippen LogP contribution in [0.2, 0.25) is 10.0 Å². The number of halogens is 2. The van der Waals surface area contributed by atoms with Gasteiger partial charge in [0.25, 0.3) is 0 Å². The van der Waals surface area contributed by atoms with E-state index >= 15 is 0 Å². The summed E-state index contributed by atoms with van der Waals surface area (Å²) in [5, 5.41) is 0.850. The van der Waals surface area contributed by atoms with Crippen LogP contribution < -0.4 is 9.47 Å². The molecule has 24 heavy (non-hydrogen) atoms. The lowest BCUT2D eigenvalue weighted by Crippen LogP contribution is -2.05. The maximum absolute atomic E-state index is 12.0. The molecule has 0 N–H and O–H groups in total. The molecule has 0 aromatic heterocycles. The predicted molar refractivity (Wildman–Crippen MR) is 89.6 cm³/mol. The van der Waals surface area contributed by atoms with E-state index in [1.54, 1.807) is 42.5 Å². The minimum Gasteiger partial charge on any atom is -0.454 e. The van der Waals surface area contributed by atoms with Crippen molar-refractivity contribution in [3.05, 3.63) is 63.3 Å². The molecule has 0 fully saturated rings. The van der Waals surface area contributed by atoms with Gasteiger partial charge in [0, 0.05) is 5.02 Å². The highest BCUT2D eigenvalue weighted by Gasteiger charge is 2.26. The number of benzene rings is 2. The van der Waals surface area contributed by atoms with Crippen molar-refractivity contribution < 1.29 is 19.0 Å². The maximum Gasteiger partial charge on any atom is 0.363 e. The van der Waals surface area contributed by atoms with Crippen LogP contribution >= 0.6 is 23.2 Å². The molecule has 0 spiro atoms. The van der Waals surface area contributed by atoms with E-state index in [1.165, 1.54) is 0 Å². The first-order valence-corrected chi connectivity index (χ1v) is 7.73. The van der Waals surface area contributed by atoms with Crippen LogP contribution in [0.3, 0.4) is 0 Å². The molecule has 0 atom stereocenters. The number of cyclic esters (lactones) is 1. The first kappa shape index (κ1) is 15.1. The number of fused-ring (bicyclic) bond motifs is 1. The summed E-state index contributed by atoms with van der Waals surface area (Å²) in [7, 11) is 0. The van der Waals surface area contributed by atoms with Gasteiger partial charge < -0.3 is 14.2 Å². The average molecular weight is 362 g/mol. The Kier molecular flexibility index (Phi) is 3.67. The molecule has 2 aromatic rings. The van der Waals surface area contributed by atoms with Gasteiger partial charge in [-0.25, -0.2) is 9.79 Å². The molecule has 2 aliphatic heterocycles. The molecule has 2 aliphatic rings. The van der Waals surface area contributed by atoms with Gasteiger partial charge in [-0.1, -0.05) is 29.3 Å². The number of esters is 1. The zero-order chi connectivity index (χ0) is 16.7. The minimum absolute atomic E-state index is 0.147. The van der Waals surface area contributed by atoms with Gasteiger partial charge in [0.1, 0.15) is 0 Å². The van der Waals surface area contributed by atoms with E-state index in [2.05, 4.69) is 4.99 Å². The Morgan fingerprint density at radius 2 is 1.88 bits per heavy atom. The summed E-state index contributed by atoms with van der Waals surface area (Å²) >= 11 is 12.0. The summed E-state index contributed by atoms with van der Waals surface area (Å²) in [5.74, 6) is 0.895. The first-order chi connectivity index (χ1) is 11.6. The molecule has 2 aromatic carbocycles. The predicted octanol–water partition coefficient (Wildman–Crippen LogP) is 4.07. The fourth-order valence-corrected chi connectivity index (χ4v) is 2.84. The monoisotopic (exact) mass is 361 g/mol. The van der Waals surface area contributed by atoms with Crippen molar-refractivity contribution in [3.8, 4) is 11.5 Å². The normalized spacial score (nSPS) is 17.2. The standard InChI is InChI=1S/C17H9Cl2NO4/c18-10-2-3-11(12(19)7-10)16-20-13(17(21)24-16)5-9-1-4-14-15(6-9)23-8-22-14/h1-7H,8H2. The molecular weight excluding hydrogens is 353 g/mol. The summed E-state index contributed by atoms with van der Waals surface area (Å²) in [5.41, 5.74) is 1.43. The van der Waals surface area contributed by atoms with E-state index in [0.717, 1.165) is 5.56 Å². The van der Waals surface area contributed by atoms with Gasteiger partial charge in [-0.2, -0.15) is 0 Å². The average Bonchev–Trinajstić information content (AvgIpc) is 3.14. The third kappa shape index (κ3) is 2.72. The Balaban J connectivity index is 1.68. The van der Waals surface area contributed by atoms with E-state index in [0.29, 0.717) is 27.1 Å². The van der Waals surface area contributed by atoms with Gasteiger partial charge in [-0.15, -0.1) is 0 Å². The molecule has 0 amide bonds. The first-order valence-electron chi connectivity index (χ1n) is 6.98. The Morgan fingerprint density at radius 1 is 1.04 bits per heavy atom. The highest BCUT2D eigenvalue weighted by Crippen LogP contribution is 2.33. The summed E-state index contributed by atoms with van der Waals surface area (Å²) in [4.78, 5) is 16.3. The number of hydrogen-bond acceptors (Lipinski definition) is 5. The van der Waals surface area contributed by atoms with E-state index in [4.69, 9.17) is 37.4 Å². The summed E-state index contributed by atoms with van der Waals surface area (Å²) in [6, 6.07) is 10.2. The number of aliphatic imine (C=N–C) groups is 1. The Bertz CT molecular complexity index is 921. The third-order valence-corrected chi connectivity index (χ3v) is 4.03. The molecule has 0 aliphatic carbocycles. The van der Waals surface area contributed by atoms with E-state index in [-0.39, 0.29) is 18.4 Å². The zero-order valence-electron chi connectivity index (χ0n) is 12.1. The SMILES string of the molecule is O=C1OC(c2ccc(Cl)cc2Cl)=NC1=Cc1ccc2c(c1)OCO2. The molecule has 4 rings (SSSR count). The van der Waals surface area contributed by atoms with Crippen LogP contribution in [0.1, 0.15) is 11.1 Å². The number of carbonyl (C=O) groups is 1. The van der Waals surface area contributed by atoms with E-state index in [1.807, 2.05) is 0 Å². The molecule has 2 heterocycles. The number of carbonyl (C=O) groups excluding carboxylic acids is 1. The summed E-state index contributed by atoms with van der Waals surface area (Å²) in [6.07, 6.45) is 1.61. The summed E-state index contributed by atoms with van der Waals surface area (Å²) < 4.78 is 15.8. The van der Waals surface area contributed by atoms with Crippen LogP contribution in [0, 0.1) is 0 Å². The molecule has 0 bridgehead atoms. The fraction of sp³-hybridized carbons (Fsp3) is 0.0588. The van der Waals surface area contributed by atoms with Crippen molar-refractivity contribution in [1.82, 2.24) is 0 Å². The van der Waals surface area contributed by atoms with Gasteiger partial charge in [-0.05, 0) is 42.0 Å². The lowest BCUT2D eigenvalue weighted by molar-refractivity contribution is -0.129. The van der Waals surface area contributed by atoms with Gasteiger partial charge in [0.05, 0.1) is 10.6 Å². The van der Waals surface area contributed by atoms with Crippen molar-refractivity contribution in [2.75, 3.05) is 6.79 Å². The molecule has 0 saturated heterocycles. The molecule has 7 heteroatoms. The largest absolute Gasteiger partial charge is 0.454 e. The van der Waals surface area contributed by atoms with Gasteiger partial charge >= 0.3 is 5.97 Å². The maximum atomic E-state index is 12.0. The number of ether oxygens (including phenoxy) is 3. The lowest BCUT2D eigenvalue weighted by Gasteiger charge is -2.02. The van der Waals surface area contributed by atoms with Crippen molar-refractivity contribution in [2.45, 2.75) is 0 Å². The molecule has 5 nitrogen and oxygen atoms in total. The fourth-order valence-electron chi connectivity index (χ4n) is 2.35. The van der Waals surface area contributed by atoms with Crippen LogP contribution in [0.15, 0.2) is 47.1 Å². The second kappa shape index (κ2) is 5.85. The number of nitrogens with zero attached hydrogens (tertiary/aromatic N) is 1. The molecular formula is C17H9Cl2NO4. The van der Waals surface area contributed by atoms with Gasteiger partial charge in [0.15, 0.2) is 17.2 Å². The number of hydrogen-bond donors (Lipinski definition) is 0. The van der Waals surface area contributed by atoms with Crippen molar-refractivity contribution in [2.24, 2.45) is 4.99 Å². The van der Waals surface area contributed by atoms with Crippen LogP contribution in [0.25, 0.3) is 6.08 Å². The highest BCUT2D eigenvalue weighted by molar-refractivity contribution is 6.37.